The Balaban J connectivity index is 3.05. The molecule has 0 amide bonds. The van der Waals surface area contributed by atoms with Crippen molar-refractivity contribution >= 4 is 0 Å². The summed E-state index contributed by atoms with van der Waals surface area (Å²) < 4.78 is 0. The second-order valence-electron chi connectivity index (χ2n) is 4.07. The van der Waals surface area contributed by atoms with E-state index in [-0.39, 0.29) is 6.10 Å². The van der Waals surface area contributed by atoms with Crippen molar-refractivity contribution in [2.24, 2.45) is 0 Å². The molecule has 1 unspecified atom stereocenters. The number of unbranched alkanes of at least 4 members (excludes halogenated alkanes) is 5. The molecule has 0 aliphatic carbocycles. The maximum absolute atomic E-state index is 9.34. The molecule has 0 saturated heterocycles. The third-order valence-electron chi connectivity index (χ3n) is 2.65. The molecule has 0 heterocycles. The molecule has 88 valence electrons. The van der Waals surface area contributed by atoms with Crippen LogP contribution in [0.25, 0.3) is 0 Å². The molecule has 0 saturated carbocycles. The van der Waals surface area contributed by atoms with E-state index in [0.717, 1.165) is 12.8 Å². The summed E-state index contributed by atoms with van der Waals surface area (Å²) in [7, 11) is 0. The van der Waals surface area contributed by atoms with E-state index in [1.165, 1.54) is 38.5 Å². The molecule has 0 spiro atoms. The van der Waals surface area contributed by atoms with Gasteiger partial charge in [-0.05, 0) is 25.7 Å². The number of hydrogen-bond acceptors (Lipinski definition) is 1. The Bertz CT molecular complexity index is 161. The van der Waals surface area contributed by atoms with Gasteiger partial charge in [0.2, 0.25) is 0 Å². The number of hydrogen-bond donors (Lipinski definition) is 1. The Hall–Kier alpha value is -0.560. The molecule has 1 nitrogen and oxygen atoms in total. The minimum Gasteiger partial charge on any atom is -0.393 e. The van der Waals surface area contributed by atoms with Crippen LogP contribution in [-0.4, -0.2) is 11.2 Å². The predicted octanol–water partition coefficient (Wildman–Crippen LogP) is 4.23. The third kappa shape index (κ3) is 11.4. The van der Waals surface area contributed by atoms with Crippen molar-refractivity contribution in [1.82, 2.24) is 0 Å². The standard InChI is InChI=1S/C14H26O/c1-3-5-6-7-8-9-10-11-12-13-14(15)4-2/h3,5-6,14-15H,1,4,7-13H2,2H3/b6-5-. The zero-order valence-electron chi connectivity index (χ0n) is 10.1. The smallest absolute Gasteiger partial charge is 0.0537 e. The Morgan fingerprint density at radius 2 is 1.80 bits per heavy atom. The van der Waals surface area contributed by atoms with Crippen molar-refractivity contribution in [3.05, 3.63) is 24.8 Å². The van der Waals surface area contributed by atoms with Crippen molar-refractivity contribution in [3.63, 3.8) is 0 Å². The van der Waals surface area contributed by atoms with E-state index in [2.05, 4.69) is 12.7 Å². The summed E-state index contributed by atoms with van der Waals surface area (Å²) in [6.07, 6.45) is 15.3. The van der Waals surface area contributed by atoms with Gasteiger partial charge in [0.15, 0.2) is 0 Å². The second-order valence-corrected chi connectivity index (χ2v) is 4.07. The van der Waals surface area contributed by atoms with Gasteiger partial charge in [-0.15, -0.1) is 0 Å². The highest BCUT2D eigenvalue weighted by Gasteiger charge is 1.99. The fraction of sp³-hybridized carbons (Fsp3) is 0.714. The number of aliphatic hydroxyl groups is 1. The molecule has 15 heavy (non-hydrogen) atoms. The Labute approximate surface area is 94.9 Å². The zero-order valence-corrected chi connectivity index (χ0v) is 10.1. The van der Waals surface area contributed by atoms with E-state index < -0.39 is 0 Å². The van der Waals surface area contributed by atoms with E-state index in [9.17, 15) is 5.11 Å². The largest absolute Gasteiger partial charge is 0.393 e. The van der Waals surface area contributed by atoms with Gasteiger partial charge in [-0.25, -0.2) is 0 Å². The van der Waals surface area contributed by atoms with Crippen molar-refractivity contribution in [3.8, 4) is 0 Å². The van der Waals surface area contributed by atoms with Crippen LogP contribution >= 0.6 is 0 Å². The highest BCUT2D eigenvalue weighted by molar-refractivity contribution is 4.96. The first-order valence-electron chi connectivity index (χ1n) is 6.26. The van der Waals surface area contributed by atoms with Gasteiger partial charge in [0.05, 0.1) is 6.10 Å². The predicted molar refractivity (Wildman–Crippen MR) is 68.0 cm³/mol. The SMILES string of the molecule is C=C/C=C\CCCCCCCC(O)CC. The molecule has 0 radical (unpaired) electrons. The lowest BCUT2D eigenvalue weighted by Crippen LogP contribution is -2.03. The van der Waals surface area contributed by atoms with E-state index in [1.54, 1.807) is 0 Å². The Morgan fingerprint density at radius 3 is 2.47 bits per heavy atom. The monoisotopic (exact) mass is 210 g/mol. The molecular weight excluding hydrogens is 184 g/mol. The van der Waals surface area contributed by atoms with E-state index in [1.807, 2.05) is 19.1 Å². The van der Waals surface area contributed by atoms with Gasteiger partial charge in [-0.2, -0.15) is 0 Å². The van der Waals surface area contributed by atoms with Crippen molar-refractivity contribution < 1.29 is 5.11 Å². The summed E-state index contributed by atoms with van der Waals surface area (Å²) in [4.78, 5) is 0. The van der Waals surface area contributed by atoms with Crippen LogP contribution in [0.2, 0.25) is 0 Å². The number of rotatable bonds is 10. The quantitative estimate of drug-likeness (QED) is 0.422. The van der Waals surface area contributed by atoms with Crippen LogP contribution in [0.5, 0.6) is 0 Å². The second kappa shape index (κ2) is 11.5. The van der Waals surface area contributed by atoms with Crippen LogP contribution in [0.15, 0.2) is 24.8 Å². The van der Waals surface area contributed by atoms with Crippen molar-refractivity contribution in [1.29, 1.82) is 0 Å². The summed E-state index contributed by atoms with van der Waals surface area (Å²) in [6, 6.07) is 0. The van der Waals surface area contributed by atoms with E-state index in [4.69, 9.17) is 0 Å². The molecular formula is C14H26O. The maximum atomic E-state index is 9.34. The Kier molecular flexibility index (Phi) is 11.1. The normalized spacial score (nSPS) is 13.2. The van der Waals surface area contributed by atoms with Crippen LogP contribution in [0.3, 0.4) is 0 Å². The highest BCUT2D eigenvalue weighted by Crippen LogP contribution is 2.10. The van der Waals surface area contributed by atoms with Crippen LogP contribution in [0.1, 0.15) is 58.3 Å². The van der Waals surface area contributed by atoms with Gasteiger partial charge in [0, 0.05) is 0 Å². The van der Waals surface area contributed by atoms with Gasteiger partial charge in [0.1, 0.15) is 0 Å². The van der Waals surface area contributed by atoms with Gasteiger partial charge in [-0.3, -0.25) is 0 Å². The first-order chi connectivity index (χ1) is 7.31. The molecule has 1 atom stereocenters. The lowest BCUT2D eigenvalue weighted by molar-refractivity contribution is 0.156. The minimum absolute atomic E-state index is 0.0690. The molecule has 0 aromatic carbocycles. The average molecular weight is 210 g/mol. The molecule has 0 bridgehead atoms. The highest BCUT2D eigenvalue weighted by atomic mass is 16.3. The summed E-state index contributed by atoms with van der Waals surface area (Å²) in [5.74, 6) is 0. The fourth-order valence-corrected chi connectivity index (χ4v) is 1.57. The van der Waals surface area contributed by atoms with E-state index >= 15 is 0 Å². The Morgan fingerprint density at radius 1 is 1.13 bits per heavy atom. The third-order valence-corrected chi connectivity index (χ3v) is 2.65. The lowest BCUT2D eigenvalue weighted by atomic mass is 10.1. The van der Waals surface area contributed by atoms with Gasteiger partial charge < -0.3 is 5.11 Å². The first kappa shape index (κ1) is 14.4. The summed E-state index contributed by atoms with van der Waals surface area (Å²) in [5.41, 5.74) is 0. The zero-order chi connectivity index (χ0) is 11.4. The maximum Gasteiger partial charge on any atom is 0.0537 e. The molecule has 0 aromatic rings. The van der Waals surface area contributed by atoms with Crippen LogP contribution in [0, 0.1) is 0 Å². The average Bonchev–Trinajstić information content (AvgIpc) is 2.26. The van der Waals surface area contributed by atoms with E-state index in [0.29, 0.717) is 0 Å². The molecule has 0 fully saturated rings. The molecule has 0 aliphatic heterocycles. The lowest BCUT2D eigenvalue weighted by Gasteiger charge is -2.06. The van der Waals surface area contributed by atoms with Gasteiger partial charge in [0.25, 0.3) is 0 Å². The van der Waals surface area contributed by atoms with Crippen LogP contribution in [-0.2, 0) is 0 Å². The van der Waals surface area contributed by atoms with Gasteiger partial charge in [-0.1, -0.05) is 57.4 Å². The van der Waals surface area contributed by atoms with Crippen molar-refractivity contribution in [2.45, 2.75) is 64.4 Å². The van der Waals surface area contributed by atoms with Gasteiger partial charge >= 0.3 is 0 Å². The molecule has 0 rings (SSSR count). The van der Waals surface area contributed by atoms with Crippen molar-refractivity contribution in [2.75, 3.05) is 0 Å². The summed E-state index contributed by atoms with van der Waals surface area (Å²) in [6.45, 7) is 5.67. The molecule has 1 heteroatoms. The summed E-state index contributed by atoms with van der Waals surface area (Å²) in [5, 5.41) is 9.34. The minimum atomic E-state index is -0.0690. The molecule has 1 N–H and O–H groups in total. The topological polar surface area (TPSA) is 20.2 Å². The van der Waals surface area contributed by atoms with Crippen LogP contribution < -0.4 is 0 Å². The number of allylic oxidation sites excluding steroid dienone is 3. The fourth-order valence-electron chi connectivity index (χ4n) is 1.57. The summed E-state index contributed by atoms with van der Waals surface area (Å²) >= 11 is 0. The van der Waals surface area contributed by atoms with Crippen LogP contribution in [0.4, 0.5) is 0 Å². The first-order valence-corrected chi connectivity index (χ1v) is 6.26. The molecule has 0 aliphatic rings. The molecule has 0 aromatic heterocycles. The number of aliphatic hydroxyl groups excluding tert-OH is 1.